The molecule has 0 amide bonds. The third kappa shape index (κ3) is 3.37. The van der Waals surface area contributed by atoms with Crippen LogP contribution in [0.5, 0.6) is 0 Å². The Morgan fingerprint density at radius 3 is 2.47 bits per heavy atom. The maximum absolute atomic E-state index is 14.5. The minimum absolute atomic E-state index is 0.0778. The predicted molar refractivity (Wildman–Crippen MR) is 109 cm³/mol. The number of halogens is 4. The molecule has 0 saturated heterocycles. The Labute approximate surface area is 180 Å². The molecule has 0 bridgehead atoms. The van der Waals surface area contributed by atoms with Crippen LogP contribution in [-0.2, 0) is 11.2 Å². The van der Waals surface area contributed by atoms with Gasteiger partial charge in [0.2, 0.25) is 0 Å². The van der Waals surface area contributed by atoms with Crippen molar-refractivity contribution < 1.29 is 27.3 Å². The van der Waals surface area contributed by atoms with Crippen LogP contribution in [-0.4, -0.2) is 33.5 Å². The van der Waals surface area contributed by atoms with E-state index in [-0.39, 0.29) is 17.0 Å². The van der Waals surface area contributed by atoms with Gasteiger partial charge < -0.3 is 4.90 Å². The van der Waals surface area contributed by atoms with Gasteiger partial charge in [-0.2, -0.15) is 8.78 Å². The molecular formula is C23H18F4N2O3. The number of hydrogen-bond acceptors (Lipinski definition) is 4. The molecule has 4 rings (SSSR count). The molecule has 0 N–H and O–H groups in total. The number of nitro groups is 1. The van der Waals surface area contributed by atoms with Gasteiger partial charge >= 0.3 is 12.3 Å². The summed E-state index contributed by atoms with van der Waals surface area (Å²) in [5, 5.41) is 11.3. The van der Waals surface area contributed by atoms with Gasteiger partial charge in [0.1, 0.15) is 0 Å². The molecule has 32 heavy (non-hydrogen) atoms. The molecule has 0 radical (unpaired) electrons. The lowest BCUT2D eigenvalue weighted by molar-refractivity contribution is -0.419. The molecule has 9 heteroatoms. The summed E-state index contributed by atoms with van der Waals surface area (Å²) in [6.45, 7) is 3.64. The van der Waals surface area contributed by atoms with Gasteiger partial charge in [-0.15, -0.1) is 0 Å². The number of rotatable bonds is 3. The molecule has 3 aliphatic rings. The lowest BCUT2D eigenvalue weighted by Gasteiger charge is -2.49. The van der Waals surface area contributed by atoms with Gasteiger partial charge in [0.25, 0.3) is 5.70 Å². The van der Waals surface area contributed by atoms with Crippen LogP contribution >= 0.6 is 0 Å². The van der Waals surface area contributed by atoms with Gasteiger partial charge in [0, 0.05) is 34.5 Å². The first-order valence-corrected chi connectivity index (χ1v) is 9.74. The minimum atomic E-state index is -4.48. The topological polar surface area (TPSA) is 63.5 Å². The van der Waals surface area contributed by atoms with Crippen molar-refractivity contribution >= 4 is 11.5 Å². The van der Waals surface area contributed by atoms with Crippen LogP contribution in [0.4, 0.5) is 17.6 Å². The van der Waals surface area contributed by atoms with E-state index in [0.29, 0.717) is 12.0 Å². The number of hydrogen-bond donors (Lipinski definition) is 0. The fraction of sp³-hybridized carbons (Fsp3) is 0.261. The van der Waals surface area contributed by atoms with Crippen LogP contribution in [0.1, 0.15) is 25.0 Å². The van der Waals surface area contributed by atoms with E-state index in [1.165, 1.54) is 0 Å². The molecular weight excluding hydrogens is 428 g/mol. The third-order valence-electron chi connectivity index (χ3n) is 5.70. The Balaban J connectivity index is 2.05. The van der Waals surface area contributed by atoms with Crippen LogP contribution in [0.25, 0.3) is 5.70 Å². The largest absolute Gasteiger partial charge is 0.334 e. The summed E-state index contributed by atoms with van der Waals surface area (Å²) in [6, 6.07) is 7.01. The number of ketones is 1. The van der Waals surface area contributed by atoms with Gasteiger partial charge in [0.05, 0.1) is 16.2 Å². The van der Waals surface area contributed by atoms with Crippen molar-refractivity contribution in [2.24, 2.45) is 0 Å². The predicted octanol–water partition coefficient (Wildman–Crippen LogP) is 5.06. The average Bonchev–Trinajstić information content (AvgIpc) is 2.72. The highest BCUT2D eigenvalue weighted by Gasteiger charge is 2.48. The van der Waals surface area contributed by atoms with Gasteiger partial charge in [0.15, 0.2) is 5.78 Å². The summed E-state index contributed by atoms with van der Waals surface area (Å²) in [4.78, 5) is 24.8. The zero-order valence-corrected chi connectivity index (χ0v) is 17.1. The normalized spacial score (nSPS) is 22.2. The summed E-state index contributed by atoms with van der Waals surface area (Å²) >= 11 is 0. The van der Waals surface area contributed by atoms with Crippen molar-refractivity contribution in [2.75, 3.05) is 0 Å². The van der Waals surface area contributed by atoms with Crippen molar-refractivity contribution in [2.45, 2.75) is 38.2 Å². The van der Waals surface area contributed by atoms with Crippen LogP contribution < -0.4 is 0 Å². The summed E-state index contributed by atoms with van der Waals surface area (Å²) in [7, 11) is 0. The van der Waals surface area contributed by atoms with Crippen molar-refractivity contribution in [1.82, 2.24) is 4.90 Å². The van der Waals surface area contributed by atoms with Crippen molar-refractivity contribution in [3.63, 3.8) is 0 Å². The zero-order chi connectivity index (χ0) is 23.4. The third-order valence-corrected chi connectivity index (χ3v) is 5.70. The lowest BCUT2D eigenvalue weighted by Crippen LogP contribution is -2.48. The van der Waals surface area contributed by atoms with E-state index in [9.17, 15) is 32.5 Å². The number of nitrogens with zero attached hydrogens (tertiary/aromatic N) is 2. The Morgan fingerprint density at radius 1 is 1.12 bits per heavy atom. The Bertz CT molecular complexity index is 1190. The monoisotopic (exact) mass is 446 g/mol. The van der Waals surface area contributed by atoms with Crippen LogP contribution in [0.15, 0.2) is 77.2 Å². The van der Waals surface area contributed by atoms with E-state index in [2.05, 4.69) is 0 Å². The molecule has 0 fully saturated rings. The van der Waals surface area contributed by atoms with E-state index in [1.54, 1.807) is 23.1 Å². The molecule has 0 aromatic heterocycles. The molecule has 2 aliphatic heterocycles. The van der Waals surface area contributed by atoms with Crippen molar-refractivity contribution in [1.29, 1.82) is 0 Å². The highest BCUT2D eigenvalue weighted by Crippen LogP contribution is 2.48. The average molecular weight is 446 g/mol. The molecule has 0 spiro atoms. The lowest BCUT2D eigenvalue weighted by atomic mass is 9.80. The van der Waals surface area contributed by atoms with E-state index < -0.39 is 39.9 Å². The molecule has 5 nitrogen and oxygen atoms in total. The van der Waals surface area contributed by atoms with E-state index in [0.717, 1.165) is 35.9 Å². The quantitative estimate of drug-likeness (QED) is 0.282. The van der Waals surface area contributed by atoms with E-state index in [4.69, 9.17) is 0 Å². The molecule has 1 aliphatic carbocycles. The number of allylic oxidation sites excluding steroid dienone is 7. The zero-order valence-electron chi connectivity index (χ0n) is 17.1. The number of carbonyl (C=O) groups excluding carboxylic acids is 1. The summed E-state index contributed by atoms with van der Waals surface area (Å²) < 4.78 is 55.5. The first-order chi connectivity index (χ1) is 14.9. The summed E-state index contributed by atoms with van der Waals surface area (Å²) in [6.07, 6.45) is 1.33. The first kappa shape index (κ1) is 21.7. The maximum atomic E-state index is 14.5. The fourth-order valence-corrected chi connectivity index (χ4v) is 4.26. The van der Waals surface area contributed by atoms with Gasteiger partial charge in [-0.3, -0.25) is 14.9 Å². The van der Waals surface area contributed by atoms with Gasteiger partial charge in [-0.05, 0) is 44.1 Å². The van der Waals surface area contributed by atoms with E-state index in [1.807, 2.05) is 19.9 Å². The second kappa shape index (κ2) is 7.29. The number of fused-ring (bicyclic) bond motifs is 3. The van der Waals surface area contributed by atoms with Crippen LogP contribution in [0, 0.1) is 10.1 Å². The van der Waals surface area contributed by atoms with Crippen molar-refractivity contribution in [3.8, 4) is 0 Å². The number of benzene rings is 1. The second-order valence-electron chi connectivity index (χ2n) is 8.36. The summed E-state index contributed by atoms with van der Waals surface area (Å²) in [5.41, 5.74) is -0.767. The SMILES string of the molecule is CC1(C)Cc2ccccc2C2=CC(C(F)(F)C(F)F)=CC(=C3C=C([N+](=O)[O-])C=CC3=O)N21. The highest BCUT2D eigenvalue weighted by molar-refractivity contribution is 6.08. The molecule has 0 atom stereocenters. The maximum Gasteiger partial charge on any atom is 0.332 e. The molecule has 0 saturated carbocycles. The highest BCUT2D eigenvalue weighted by atomic mass is 19.3. The first-order valence-electron chi connectivity index (χ1n) is 9.74. The Kier molecular flexibility index (Phi) is 4.95. The smallest absolute Gasteiger partial charge is 0.332 e. The Hall–Kier alpha value is -3.49. The van der Waals surface area contributed by atoms with Gasteiger partial charge in [-0.25, -0.2) is 8.78 Å². The van der Waals surface area contributed by atoms with E-state index >= 15 is 0 Å². The standard InChI is InChI=1S/C23H18F4N2O3/c1-22(2)12-13-5-3-4-6-16(13)18-9-14(23(26,27)21(24)25)10-19(28(18)22)17-11-15(29(31)32)7-8-20(17)30/h3-11,21H,12H2,1-2H3. The molecule has 1 aromatic carbocycles. The molecule has 166 valence electrons. The van der Waals surface area contributed by atoms with Crippen molar-refractivity contribution in [3.05, 3.63) is 98.4 Å². The molecule has 2 heterocycles. The number of carbonyl (C=O) groups is 1. The fourth-order valence-electron chi connectivity index (χ4n) is 4.26. The van der Waals surface area contributed by atoms with Gasteiger partial charge in [-0.1, -0.05) is 24.3 Å². The molecule has 1 aromatic rings. The Morgan fingerprint density at radius 2 is 1.81 bits per heavy atom. The second-order valence-corrected chi connectivity index (χ2v) is 8.36. The number of alkyl halides is 4. The minimum Gasteiger partial charge on any atom is -0.334 e. The van der Waals surface area contributed by atoms with Crippen LogP contribution in [0.2, 0.25) is 0 Å². The summed E-state index contributed by atoms with van der Waals surface area (Å²) in [5.74, 6) is -5.12. The van der Waals surface area contributed by atoms with Crippen LogP contribution in [0.3, 0.4) is 0 Å². The molecule has 0 unspecified atom stereocenters.